The molecule has 1 saturated heterocycles. The van der Waals surface area contributed by atoms with Crippen molar-refractivity contribution in [2.75, 3.05) is 24.8 Å². The van der Waals surface area contributed by atoms with Crippen molar-refractivity contribution < 1.29 is 65.0 Å². The third kappa shape index (κ3) is 6.59. The number of amides is 1. The van der Waals surface area contributed by atoms with Gasteiger partial charge in [-0.05, 0) is 65.6 Å². The van der Waals surface area contributed by atoms with E-state index in [1.807, 2.05) is 30.3 Å². The monoisotopic (exact) mass is 825 g/mol. The number of phenolic OH excluding ortho intramolecular Hbond substituents is 2. The number of rotatable bonds is 11. The first-order chi connectivity index (χ1) is 28.8. The maximum atomic E-state index is 14.8. The second-order valence-electron chi connectivity index (χ2n) is 16.1. The Hall–Kier alpha value is -5.46. The number of aliphatic imine (C=N–C) groups is 2. The van der Waals surface area contributed by atoms with Gasteiger partial charge in [0.05, 0.1) is 18.0 Å². The van der Waals surface area contributed by atoms with Crippen LogP contribution in [0.3, 0.4) is 0 Å². The van der Waals surface area contributed by atoms with Crippen LogP contribution in [0.15, 0.2) is 88.9 Å². The van der Waals surface area contributed by atoms with Gasteiger partial charge in [-0.3, -0.25) is 19.7 Å². The Kier molecular flexibility index (Phi) is 10.9. The molecule has 60 heavy (non-hydrogen) atoms. The molecule has 16 nitrogen and oxygen atoms in total. The zero-order chi connectivity index (χ0) is 42.6. The first kappa shape index (κ1) is 41.3. The van der Waals surface area contributed by atoms with Crippen LogP contribution in [-0.4, -0.2) is 126 Å². The predicted molar refractivity (Wildman–Crippen MR) is 216 cm³/mol. The summed E-state index contributed by atoms with van der Waals surface area (Å²) in [5.74, 6) is -8.55. The van der Waals surface area contributed by atoms with Gasteiger partial charge in [0.1, 0.15) is 30.7 Å². The maximum Gasteiger partial charge on any atom is 0.355 e. The Balaban J connectivity index is 1.26. The van der Waals surface area contributed by atoms with Gasteiger partial charge < -0.3 is 55.4 Å². The van der Waals surface area contributed by atoms with Crippen LogP contribution < -0.4 is 9.64 Å². The number of hydrogen-bond donors (Lipinski definition) is 9. The third-order valence-corrected chi connectivity index (χ3v) is 12.9. The van der Waals surface area contributed by atoms with Crippen LogP contribution in [0, 0.1) is 11.8 Å². The number of carbonyl (C=O) groups excluding carboxylic acids is 1. The molecule has 316 valence electrons. The molecule has 2 aliphatic carbocycles. The number of benzene rings is 3. The Morgan fingerprint density at radius 3 is 2.45 bits per heavy atom. The highest BCUT2D eigenvalue weighted by Crippen LogP contribution is 2.65. The highest BCUT2D eigenvalue weighted by molar-refractivity contribution is 6.32. The molecule has 1 saturated carbocycles. The van der Waals surface area contributed by atoms with Crippen molar-refractivity contribution >= 4 is 35.6 Å². The lowest BCUT2D eigenvalue weighted by molar-refractivity contribution is -0.422. The molecule has 10 atom stereocenters. The number of aliphatic carboxylic acids is 1. The van der Waals surface area contributed by atoms with E-state index in [4.69, 9.17) is 9.47 Å². The van der Waals surface area contributed by atoms with E-state index in [9.17, 15) is 55.5 Å². The smallest absolute Gasteiger partial charge is 0.355 e. The number of hydrogen-bond acceptors (Lipinski definition) is 14. The Bertz CT molecular complexity index is 2280. The van der Waals surface area contributed by atoms with E-state index in [1.54, 1.807) is 24.4 Å². The van der Waals surface area contributed by atoms with Crippen LogP contribution in [0.1, 0.15) is 53.9 Å². The molecule has 0 radical (unpaired) electrons. The second-order valence-corrected chi connectivity index (χ2v) is 16.1. The molecule has 3 aromatic rings. The van der Waals surface area contributed by atoms with E-state index in [0.29, 0.717) is 36.3 Å². The lowest BCUT2D eigenvalue weighted by Crippen LogP contribution is -2.67. The normalized spacial score (nSPS) is 33.2. The minimum absolute atomic E-state index is 0.00869. The Morgan fingerprint density at radius 2 is 1.75 bits per heavy atom. The summed E-state index contributed by atoms with van der Waals surface area (Å²) >= 11 is 0. The standard InChI is InChI=1S/C44H47N3O13/c48-21-27-8-4-5-14-42(27,26-6-2-1-3-7-26)30-13-15-43(41(56)57)37(30)29-18-33(51)34(59-44(58)40(55)39(54)38(53)35(22-49)60-44)19-31(29)47(43)36(52)12-10-24-9-11-32(50)25(16-24)17-28-20-45-23-46-28/h1-3,6-7,9-13,15-16,18-20,27,30,35,37-40,48-51,53-55,58H,4-5,8,14,17,21-23H2,(H,56,57). The molecule has 8 rings (SSSR count). The molecule has 10 unspecified atom stereocenters. The summed E-state index contributed by atoms with van der Waals surface area (Å²) in [7, 11) is 0. The quantitative estimate of drug-likeness (QED) is 0.0761. The van der Waals surface area contributed by atoms with Gasteiger partial charge in [0.25, 0.3) is 5.91 Å². The van der Waals surface area contributed by atoms with E-state index < -0.39 is 83.2 Å². The van der Waals surface area contributed by atoms with Crippen LogP contribution in [0.2, 0.25) is 0 Å². The van der Waals surface area contributed by atoms with Crippen molar-refractivity contribution in [3.63, 3.8) is 0 Å². The van der Waals surface area contributed by atoms with E-state index in [0.717, 1.165) is 29.4 Å². The van der Waals surface area contributed by atoms with Gasteiger partial charge in [-0.25, -0.2) is 4.79 Å². The molecule has 9 N–H and O–H groups in total. The fraction of sp³-hybridized carbons (Fsp3) is 0.409. The average Bonchev–Trinajstić information content (AvgIpc) is 3.98. The van der Waals surface area contributed by atoms with Crippen LogP contribution >= 0.6 is 0 Å². The van der Waals surface area contributed by atoms with E-state index in [1.165, 1.54) is 30.4 Å². The molecular weight excluding hydrogens is 778 g/mol. The average molecular weight is 826 g/mol. The van der Waals surface area contributed by atoms with Gasteiger partial charge in [-0.2, -0.15) is 0 Å². The number of fused-ring (bicyclic) bond motifs is 3. The largest absolute Gasteiger partial charge is 0.508 e. The van der Waals surface area contributed by atoms with Crippen LogP contribution in [0.5, 0.6) is 17.2 Å². The second kappa shape index (κ2) is 15.9. The summed E-state index contributed by atoms with van der Waals surface area (Å²) in [6.07, 6.45) is 2.87. The summed E-state index contributed by atoms with van der Waals surface area (Å²) in [5.41, 5.74) is -0.129. The van der Waals surface area contributed by atoms with Gasteiger partial charge in [-0.1, -0.05) is 61.4 Å². The van der Waals surface area contributed by atoms with E-state index in [2.05, 4.69) is 9.98 Å². The van der Waals surface area contributed by atoms with Gasteiger partial charge in [0.2, 0.25) is 0 Å². The number of carboxylic acids is 1. The predicted octanol–water partition coefficient (Wildman–Crippen LogP) is 1.90. The number of aliphatic hydroxyl groups excluding tert-OH is 5. The van der Waals surface area contributed by atoms with Gasteiger partial charge in [0.15, 0.2) is 23.1 Å². The minimum atomic E-state index is -3.14. The Morgan fingerprint density at radius 1 is 0.967 bits per heavy atom. The highest BCUT2D eigenvalue weighted by atomic mass is 16.8. The number of anilines is 1. The van der Waals surface area contributed by atoms with Gasteiger partial charge >= 0.3 is 11.9 Å². The first-order valence-electron chi connectivity index (χ1n) is 19.9. The SMILES string of the molecule is O=C(C=Cc1ccc(O)c(CC2=NCN=C2)c1)N1c2cc(OC3(O)OC(CO)C(O)C(O)C3O)c(O)cc2C2C(C3(c4ccccc4)CCCCC3CO)C=CC21C(=O)O. The number of carboxylic acid groups (broad SMARTS) is 1. The third-order valence-electron chi connectivity index (χ3n) is 12.9. The molecule has 1 amide bonds. The number of allylic oxidation sites excluding steroid dienone is 1. The van der Waals surface area contributed by atoms with E-state index in [-0.39, 0.29) is 35.9 Å². The molecule has 3 aliphatic heterocycles. The fourth-order valence-electron chi connectivity index (χ4n) is 10.1. The molecule has 0 aromatic heterocycles. The van der Waals surface area contributed by atoms with Crippen LogP contribution in [0.25, 0.3) is 6.08 Å². The molecule has 16 heteroatoms. The Labute approximate surface area is 344 Å². The van der Waals surface area contributed by atoms with Crippen molar-refractivity contribution in [2.45, 2.75) is 79.4 Å². The van der Waals surface area contributed by atoms with Gasteiger partial charge in [0, 0.05) is 48.3 Å². The fourth-order valence-corrected chi connectivity index (χ4v) is 10.1. The molecule has 3 heterocycles. The van der Waals surface area contributed by atoms with E-state index >= 15 is 0 Å². The lowest BCUT2D eigenvalue weighted by atomic mass is 9.53. The minimum Gasteiger partial charge on any atom is -0.508 e. The number of aromatic hydroxyl groups is 2. The molecule has 2 fully saturated rings. The first-order valence-corrected chi connectivity index (χ1v) is 19.9. The summed E-state index contributed by atoms with van der Waals surface area (Å²) in [6, 6.07) is 16.6. The number of aliphatic hydroxyl groups is 6. The molecular formula is C44H47N3O13. The summed E-state index contributed by atoms with van der Waals surface area (Å²) < 4.78 is 10.9. The van der Waals surface area contributed by atoms with Crippen molar-refractivity contribution in [2.24, 2.45) is 21.8 Å². The molecule has 0 spiro atoms. The van der Waals surface area contributed by atoms with Crippen molar-refractivity contribution in [1.29, 1.82) is 0 Å². The number of phenols is 2. The maximum absolute atomic E-state index is 14.8. The summed E-state index contributed by atoms with van der Waals surface area (Å²) in [6.45, 7) is -0.795. The number of carbonyl (C=O) groups is 2. The van der Waals surface area contributed by atoms with Crippen molar-refractivity contribution in [3.8, 4) is 17.2 Å². The zero-order valence-corrected chi connectivity index (χ0v) is 32.4. The zero-order valence-electron chi connectivity index (χ0n) is 32.4. The van der Waals surface area contributed by atoms with Gasteiger partial charge in [-0.15, -0.1) is 0 Å². The van der Waals surface area contributed by atoms with Crippen LogP contribution in [0.4, 0.5) is 5.69 Å². The van der Waals surface area contributed by atoms with Crippen molar-refractivity contribution in [3.05, 3.63) is 101 Å². The summed E-state index contributed by atoms with van der Waals surface area (Å²) in [5, 5.41) is 97.2. The van der Waals surface area contributed by atoms with Crippen LogP contribution in [-0.2, 0) is 26.2 Å². The molecule has 0 bridgehead atoms. The number of nitrogens with zero attached hydrogens (tertiary/aromatic N) is 3. The molecule has 5 aliphatic rings. The van der Waals surface area contributed by atoms with Crippen molar-refractivity contribution in [1.82, 2.24) is 0 Å². The topological polar surface area (TPSA) is 263 Å². The number of ether oxygens (including phenoxy) is 2. The lowest BCUT2D eigenvalue weighted by Gasteiger charge is -2.50. The summed E-state index contributed by atoms with van der Waals surface area (Å²) in [4.78, 5) is 38.2. The molecule has 3 aromatic carbocycles. The highest BCUT2D eigenvalue weighted by Gasteiger charge is 2.67.